The van der Waals surface area contributed by atoms with Crippen LogP contribution in [0.3, 0.4) is 0 Å². The van der Waals surface area contributed by atoms with Gasteiger partial charge in [0.25, 0.3) is 5.91 Å². The number of likely N-dealkylation sites (N-methyl/N-ethyl adjacent to an activating group) is 1. The second-order valence-corrected chi connectivity index (χ2v) is 5.67. The number of rotatable bonds is 3. The van der Waals surface area contributed by atoms with Crippen LogP contribution in [0.1, 0.15) is 35.5 Å². The van der Waals surface area contributed by atoms with E-state index in [4.69, 9.17) is 0 Å². The van der Waals surface area contributed by atoms with Gasteiger partial charge in [-0.15, -0.1) is 11.3 Å². The summed E-state index contributed by atoms with van der Waals surface area (Å²) in [6.45, 7) is 6.10. The summed E-state index contributed by atoms with van der Waals surface area (Å²) in [5.41, 5.74) is -0.0655. The average molecular weight is 255 g/mol. The second kappa shape index (κ2) is 5.27. The van der Waals surface area contributed by atoms with E-state index in [1.165, 1.54) is 18.4 Å². The molecule has 0 bridgehead atoms. The summed E-state index contributed by atoms with van der Waals surface area (Å²) in [7, 11) is 1.53. The monoisotopic (exact) mass is 255 g/mol. The van der Waals surface area contributed by atoms with Crippen molar-refractivity contribution < 1.29 is 9.59 Å². The van der Waals surface area contributed by atoms with Crippen molar-refractivity contribution in [1.29, 1.82) is 0 Å². The Kier molecular flexibility index (Phi) is 4.22. The molecule has 0 unspecified atom stereocenters. The largest absolute Gasteiger partial charge is 0.358 e. The maximum atomic E-state index is 11.7. The van der Waals surface area contributed by atoms with Gasteiger partial charge in [-0.3, -0.25) is 9.59 Å². The standard InChI is InChI=1S/C11H17N3O2S/c1-11(2,3)10-14-5-7(17-10)9(16)13-6-8(15)12-4/h5H,6H2,1-4H3,(H,12,15)(H,13,16). The van der Waals surface area contributed by atoms with E-state index >= 15 is 0 Å². The Morgan fingerprint density at radius 3 is 2.53 bits per heavy atom. The minimum absolute atomic E-state index is 0.0158. The Hall–Kier alpha value is -1.43. The maximum Gasteiger partial charge on any atom is 0.263 e. The zero-order valence-electron chi connectivity index (χ0n) is 10.5. The fraction of sp³-hybridized carbons (Fsp3) is 0.545. The predicted octanol–water partition coefficient (Wildman–Crippen LogP) is 0.916. The van der Waals surface area contributed by atoms with Gasteiger partial charge in [0, 0.05) is 12.5 Å². The molecule has 1 rings (SSSR count). The summed E-state index contributed by atoms with van der Waals surface area (Å²) in [6.07, 6.45) is 1.55. The number of thiazole rings is 1. The Labute approximate surface area is 105 Å². The average Bonchev–Trinajstić information content (AvgIpc) is 2.74. The molecule has 1 heterocycles. The van der Waals surface area contributed by atoms with Gasteiger partial charge in [0.15, 0.2) is 0 Å². The van der Waals surface area contributed by atoms with E-state index in [-0.39, 0.29) is 23.8 Å². The van der Waals surface area contributed by atoms with Crippen molar-refractivity contribution in [2.45, 2.75) is 26.2 Å². The first-order valence-corrected chi connectivity index (χ1v) is 6.11. The number of nitrogens with one attached hydrogen (secondary N) is 2. The molecule has 0 saturated heterocycles. The fourth-order valence-electron chi connectivity index (χ4n) is 1.06. The van der Waals surface area contributed by atoms with Crippen LogP contribution in [0.5, 0.6) is 0 Å². The number of hydrogen-bond acceptors (Lipinski definition) is 4. The van der Waals surface area contributed by atoms with Crippen molar-refractivity contribution in [3.8, 4) is 0 Å². The molecule has 1 aromatic rings. The van der Waals surface area contributed by atoms with E-state index in [1.54, 1.807) is 6.20 Å². The molecule has 1 aromatic heterocycles. The molecule has 0 aliphatic carbocycles. The van der Waals surface area contributed by atoms with Crippen molar-refractivity contribution in [2.24, 2.45) is 0 Å². The van der Waals surface area contributed by atoms with Gasteiger partial charge in [-0.1, -0.05) is 20.8 Å². The molecule has 6 heteroatoms. The van der Waals surface area contributed by atoms with Crippen LogP contribution < -0.4 is 10.6 Å². The van der Waals surface area contributed by atoms with Gasteiger partial charge in [0.05, 0.1) is 17.7 Å². The molecule has 5 nitrogen and oxygen atoms in total. The van der Waals surface area contributed by atoms with Crippen molar-refractivity contribution >= 4 is 23.2 Å². The highest BCUT2D eigenvalue weighted by Gasteiger charge is 2.20. The first-order chi connectivity index (χ1) is 7.84. The first kappa shape index (κ1) is 13.6. The molecular formula is C11H17N3O2S. The molecule has 2 N–H and O–H groups in total. The molecule has 0 aliphatic rings. The summed E-state index contributed by atoms with van der Waals surface area (Å²) in [6, 6.07) is 0. The number of carbonyl (C=O) groups excluding carboxylic acids is 2. The van der Waals surface area contributed by atoms with Gasteiger partial charge in [0.2, 0.25) is 5.91 Å². The zero-order valence-corrected chi connectivity index (χ0v) is 11.3. The SMILES string of the molecule is CNC(=O)CNC(=O)c1cnc(C(C)(C)C)s1. The summed E-state index contributed by atoms with van der Waals surface area (Å²) >= 11 is 1.35. The van der Waals surface area contributed by atoms with Crippen molar-refractivity contribution in [3.05, 3.63) is 16.1 Å². The third-order valence-electron chi connectivity index (χ3n) is 2.06. The predicted molar refractivity (Wildman–Crippen MR) is 67.2 cm³/mol. The van der Waals surface area contributed by atoms with E-state index in [0.717, 1.165) is 5.01 Å². The van der Waals surface area contributed by atoms with E-state index in [0.29, 0.717) is 4.88 Å². The lowest BCUT2D eigenvalue weighted by Gasteiger charge is -2.13. The third kappa shape index (κ3) is 3.81. The lowest BCUT2D eigenvalue weighted by molar-refractivity contribution is -0.119. The zero-order chi connectivity index (χ0) is 13.1. The molecule has 0 spiro atoms. The quantitative estimate of drug-likeness (QED) is 0.843. The highest BCUT2D eigenvalue weighted by atomic mass is 32.1. The number of amides is 2. The molecule has 17 heavy (non-hydrogen) atoms. The molecule has 2 amide bonds. The Bertz CT molecular complexity index is 421. The molecule has 0 atom stereocenters. The van der Waals surface area contributed by atoms with E-state index in [2.05, 4.69) is 15.6 Å². The topological polar surface area (TPSA) is 71.1 Å². The third-order valence-corrected chi connectivity index (χ3v) is 3.48. The molecule has 94 valence electrons. The van der Waals surface area contributed by atoms with Crippen LogP contribution in [0.25, 0.3) is 0 Å². The minimum Gasteiger partial charge on any atom is -0.358 e. The summed E-state index contributed by atoms with van der Waals surface area (Å²) in [4.78, 5) is 27.4. The van der Waals surface area contributed by atoms with Gasteiger partial charge >= 0.3 is 0 Å². The highest BCUT2D eigenvalue weighted by Crippen LogP contribution is 2.26. The highest BCUT2D eigenvalue weighted by molar-refractivity contribution is 7.13. The summed E-state index contributed by atoms with van der Waals surface area (Å²) in [5, 5.41) is 5.87. The smallest absolute Gasteiger partial charge is 0.263 e. The van der Waals surface area contributed by atoms with E-state index in [9.17, 15) is 9.59 Å². The Morgan fingerprint density at radius 2 is 2.06 bits per heavy atom. The molecule has 0 radical (unpaired) electrons. The van der Waals surface area contributed by atoms with E-state index < -0.39 is 0 Å². The number of carbonyl (C=O) groups is 2. The van der Waals surface area contributed by atoms with Gasteiger partial charge in [-0.2, -0.15) is 0 Å². The molecule has 0 saturated carbocycles. The van der Waals surface area contributed by atoms with Crippen molar-refractivity contribution in [3.63, 3.8) is 0 Å². The first-order valence-electron chi connectivity index (χ1n) is 5.29. The van der Waals surface area contributed by atoms with Crippen LogP contribution in [-0.2, 0) is 10.2 Å². The second-order valence-electron chi connectivity index (χ2n) is 4.64. The number of hydrogen-bond donors (Lipinski definition) is 2. The van der Waals surface area contributed by atoms with Crippen LogP contribution in [0.2, 0.25) is 0 Å². The van der Waals surface area contributed by atoms with E-state index in [1.807, 2.05) is 20.8 Å². The van der Waals surface area contributed by atoms with Crippen molar-refractivity contribution in [1.82, 2.24) is 15.6 Å². The maximum absolute atomic E-state index is 11.7. The number of nitrogens with zero attached hydrogens (tertiary/aromatic N) is 1. The molecular weight excluding hydrogens is 238 g/mol. The van der Waals surface area contributed by atoms with Gasteiger partial charge in [-0.25, -0.2) is 4.98 Å². The normalized spacial score (nSPS) is 11.1. The molecule has 0 aliphatic heterocycles. The van der Waals surface area contributed by atoms with Crippen LogP contribution in [-0.4, -0.2) is 30.4 Å². The van der Waals surface area contributed by atoms with Crippen LogP contribution >= 0.6 is 11.3 Å². The Morgan fingerprint density at radius 1 is 1.41 bits per heavy atom. The molecule has 0 fully saturated rings. The minimum atomic E-state index is -0.262. The van der Waals surface area contributed by atoms with Gasteiger partial charge in [-0.05, 0) is 0 Å². The fourth-order valence-corrected chi connectivity index (χ4v) is 1.95. The summed E-state index contributed by atoms with van der Waals surface area (Å²) < 4.78 is 0. The number of aromatic nitrogens is 1. The Balaban J connectivity index is 2.65. The summed E-state index contributed by atoms with van der Waals surface area (Å²) in [5.74, 6) is -0.486. The lowest BCUT2D eigenvalue weighted by Crippen LogP contribution is -2.34. The van der Waals surface area contributed by atoms with Crippen LogP contribution in [0, 0.1) is 0 Å². The van der Waals surface area contributed by atoms with Crippen molar-refractivity contribution in [2.75, 3.05) is 13.6 Å². The molecule has 0 aromatic carbocycles. The van der Waals surface area contributed by atoms with Gasteiger partial charge in [0.1, 0.15) is 4.88 Å². The lowest BCUT2D eigenvalue weighted by atomic mass is 9.98. The van der Waals surface area contributed by atoms with Gasteiger partial charge < -0.3 is 10.6 Å². The van der Waals surface area contributed by atoms with Crippen LogP contribution in [0.4, 0.5) is 0 Å². The van der Waals surface area contributed by atoms with Crippen LogP contribution in [0.15, 0.2) is 6.20 Å².